The molecule has 0 N–H and O–H groups in total. The van der Waals surface area contributed by atoms with Gasteiger partial charge in [0, 0.05) is 13.0 Å². The van der Waals surface area contributed by atoms with Crippen LogP contribution in [0.5, 0.6) is 5.75 Å². The van der Waals surface area contributed by atoms with Crippen LogP contribution in [-0.4, -0.2) is 22.7 Å². The van der Waals surface area contributed by atoms with Gasteiger partial charge in [-0.25, -0.2) is 4.68 Å². The summed E-state index contributed by atoms with van der Waals surface area (Å²) in [5, 5.41) is 4.40. The van der Waals surface area contributed by atoms with Gasteiger partial charge in [-0.1, -0.05) is 65.2 Å². The Bertz CT molecular complexity index is 624. The predicted octanol–water partition coefficient (Wildman–Crippen LogP) is 5.11. The number of methoxy groups -OCH3 is 1. The minimum Gasteiger partial charge on any atom is -0.494 e. The molecule has 1 atom stereocenters. The van der Waals surface area contributed by atoms with E-state index in [0.717, 1.165) is 25.7 Å². The van der Waals surface area contributed by atoms with Gasteiger partial charge in [-0.15, -0.1) is 0 Å². The zero-order chi connectivity index (χ0) is 19.6. The standard InChI is InChI=1S/C21H36N2O3/c1-6-8-9-10-11-12-13-15-21(4,14-7-2)23-19(25)16-18(26-5)20(22-23)17(3)24/h16H,6-15H2,1-5H3. The van der Waals surface area contributed by atoms with Crippen LogP contribution in [0.3, 0.4) is 0 Å². The normalized spacial score (nSPS) is 13.4. The van der Waals surface area contributed by atoms with Gasteiger partial charge in [0.1, 0.15) is 0 Å². The second-order valence-corrected chi connectivity index (χ2v) is 7.49. The van der Waals surface area contributed by atoms with Crippen LogP contribution in [0.1, 0.15) is 102 Å². The summed E-state index contributed by atoms with van der Waals surface area (Å²) in [5.74, 6) is 0.0684. The Balaban J connectivity index is 2.92. The number of ether oxygens (including phenoxy) is 1. The number of hydrogen-bond acceptors (Lipinski definition) is 4. The van der Waals surface area contributed by atoms with E-state index in [1.807, 2.05) is 0 Å². The second kappa shape index (κ2) is 11.1. The van der Waals surface area contributed by atoms with E-state index in [2.05, 4.69) is 25.9 Å². The summed E-state index contributed by atoms with van der Waals surface area (Å²) in [6, 6.07) is 1.39. The molecule has 0 aliphatic heterocycles. The van der Waals surface area contributed by atoms with E-state index in [0.29, 0.717) is 0 Å². The van der Waals surface area contributed by atoms with Gasteiger partial charge >= 0.3 is 0 Å². The molecule has 0 bridgehead atoms. The molecule has 1 aromatic rings. The quantitative estimate of drug-likeness (QED) is 0.360. The molecule has 5 heteroatoms. The molecule has 0 aromatic carbocycles. The lowest BCUT2D eigenvalue weighted by molar-refractivity contribution is 0.0999. The number of Topliss-reactive ketones (excluding diaryl/α,β-unsaturated/α-hetero) is 1. The maximum atomic E-state index is 12.6. The first-order valence-electron chi connectivity index (χ1n) is 10.1. The number of nitrogens with zero attached hydrogens (tertiary/aromatic N) is 2. The highest BCUT2D eigenvalue weighted by Crippen LogP contribution is 2.28. The monoisotopic (exact) mass is 364 g/mol. The van der Waals surface area contributed by atoms with Crippen molar-refractivity contribution < 1.29 is 9.53 Å². The molecule has 0 saturated carbocycles. The molecule has 1 heterocycles. The zero-order valence-corrected chi connectivity index (χ0v) is 17.3. The maximum absolute atomic E-state index is 12.6. The first-order chi connectivity index (χ1) is 12.4. The summed E-state index contributed by atoms with van der Waals surface area (Å²) < 4.78 is 6.68. The van der Waals surface area contributed by atoms with Crippen molar-refractivity contribution >= 4 is 5.78 Å². The third kappa shape index (κ3) is 6.26. The van der Waals surface area contributed by atoms with Crippen LogP contribution < -0.4 is 10.3 Å². The molecule has 0 fully saturated rings. The first kappa shape index (κ1) is 22.4. The van der Waals surface area contributed by atoms with Gasteiger partial charge in [-0.3, -0.25) is 9.59 Å². The lowest BCUT2D eigenvalue weighted by atomic mass is 9.89. The molecule has 148 valence electrons. The van der Waals surface area contributed by atoms with Gasteiger partial charge in [0.15, 0.2) is 17.2 Å². The van der Waals surface area contributed by atoms with E-state index < -0.39 is 0 Å². The van der Waals surface area contributed by atoms with E-state index >= 15 is 0 Å². The maximum Gasteiger partial charge on any atom is 0.271 e. The Morgan fingerprint density at radius 2 is 1.69 bits per heavy atom. The van der Waals surface area contributed by atoms with Gasteiger partial charge in [0.2, 0.25) is 0 Å². The molecule has 0 amide bonds. The first-order valence-corrected chi connectivity index (χ1v) is 10.1. The van der Waals surface area contributed by atoms with Crippen molar-refractivity contribution in [1.29, 1.82) is 0 Å². The van der Waals surface area contributed by atoms with Crippen LogP contribution in [0.2, 0.25) is 0 Å². The smallest absolute Gasteiger partial charge is 0.271 e. The lowest BCUT2D eigenvalue weighted by Gasteiger charge is -2.31. The van der Waals surface area contributed by atoms with Gasteiger partial charge in [0.05, 0.1) is 12.6 Å². The van der Waals surface area contributed by atoms with Crippen molar-refractivity contribution in [3.63, 3.8) is 0 Å². The van der Waals surface area contributed by atoms with Crippen molar-refractivity contribution in [3.05, 3.63) is 22.1 Å². The molecule has 0 aliphatic carbocycles. The predicted molar refractivity (Wildman–Crippen MR) is 106 cm³/mol. The number of hydrogen-bond donors (Lipinski definition) is 0. The highest BCUT2D eigenvalue weighted by atomic mass is 16.5. The number of carbonyl (C=O) groups is 1. The minimum atomic E-state index is -0.369. The van der Waals surface area contributed by atoms with E-state index in [4.69, 9.17) is 4.74 Å². The summed E-state index contributed by atoms with van der Waals surface area (Å²) in [6.45, 7) is 7.88. The number of rotatable bonds is 13. The molecule has 1 rings (SSSR count). The second-order valence-electron chi connectivity index (χ2n) is 7.49. The third-order valence-electron chi connectivity index (χ3n) is 5.07. The molecule has 1 aromatic heterocycles. The third-order valence-corrected chi connectivity index (χ3v) is 5.07. The van der Waals surface area contributed by atoms with Crippen molar-refractivity contribution in [2.24, 2.45) is 0 Å². The summed E-state index contributed by atoms with van der Waals surface area (Å²) in [6.07, 6.45) is 11.4. The number of ketones is 1. The summed E-state index contributed by atoms with van der Waals surface area (Å²) in [4.78, 5) is 24.5. The Morgan fingerprint density at radius 3 is 2.23 bits per heavy atom. The van der Waals surface area contributed by atoms with Gasteiger partial charge in [0.25, 0.3) is 5.56 Å². The molecule has 0 radical (unpaired) electrons. The van der Waals surface area contributed by atoms with Crippen molar-refractivity contribution in [2.75, 3.05) is 7.11 Å². The van der Waals surface area contributed by atoms with Crippen molar-refractivity contribution in [3.8, 4) is 5.75 Å². The fourth-order valence-electron chi connectivity index (χ4n) is 3.56. The summed E-state index contributed by atoms with van der Waals surface area (Å²) in [7, 11) is 1.46. The lowest BCUT2D eigenvalue weighted by Crippen LogP contribution is -2.41. The van der Waals surface area contributed by atoms with Crippen LogP contribution in [0.25, 0.3) is 0 Å². The highest BCUT2D eigenvalue weighted by molar-refractivity contribution is 5.94. The van der Waals surface area contributed by atoms with Crippen LogP contribution in [0.4, 0.5) is 0 Å². The molecular weight excluding hydrogens is 328 g/mol. The van der Waals surface area contributed by atoms with Crippen LogP contribution in [0, 0.1) is 0 Å². The molecule has 5 nitrogen and oxygen atoms in total. The number of carbonyl (C=O) groups excluding carboxylic acids is 1. The van der Waals surface area contributed by atoms with E-state index in [9.17, 15) is 9.59 Å². The minimum absolute atomic E-state index is 0.189. The number of unbranched alkanes of at least 4 members (excludes halogenated alkanes) is 6. The van der Waals surface area contributed by atoms with E-state index in [-0.39, 0.29) is 28.3 Å². The van der Waals surface area contributed by atoms with Crippen LogP contribution in [-0.2, 0) is 5.54 Å². The molecule has 0 saturated heterocycles. The van der Waals surface area contributed by atoms with Gasteiger partial charge in [-0.2, -0.15) is 5.10 Å². The Labute approximate surface area is 158 Å². The largest absolute Gasteiger partial charge is 0.494 e. The summed E-state index contributed by atoms with van der Waals surface area (Å²) in [5.41, 5.74) is -0.342. The molecule has 0 spiro atoms. The fourth-order valence-corrected chi connectivity index (χ4v) is 3.56. The highest BCUT2D eigenvalue weighted by Gasteiger charge is 2.29. The Morgan fingerprint density at radius 1 is 1.08 bits per heavy atom. The zero-order valence-electron chi connectivity index (χ0n) is 17.3. The van der Waals surface area contributed by atoms with E-state index in [1.54, 1.807) is 0 Å². The molecule has 0 aliphatic rings. The van der Waals surface area contributed by atoms with Gasteiger partial charge < -0.3 is 4.74 Å². The molecule has 26 heavy (non-hydrogen) atoms. The molecular formula is C21H36N2O3. The average molecular weight is 365 g/mol. The Kier molecular flexibility index (Phi) is 9.60. The van der Waals surface area contributed by atoms with Gasteiger partial charge in [-0.05, 0) is 19.8 Å². The fraction of sp³-hybridized carbons (Fsp3) is 0.762. The molecule has 1 unspecified atom stereocenters. The topological polar surface area (TPSA) is 61.2 Å². The van der Waals surface area contributed by atoms with E-state index in [1.165, 1.54) is 63.3 Å². The Hall–Kier alpha value is -1.65. The summed E-state index contributed by atoms with van der Waals surface area (Å²) >= 11 is 0. The van der Waals surface area contributed by atoms with Crippen LogP contribution in [0.15, 0.2) is 10.9 Å². The van der Waals surface area contributed by atoms with Crippen molar-refractivity contribution in [2.45, 2.75) is 97.4 Å². The number of aromatic nitrogens is 2. The average Bonchev–Trinajstić information content (AvgIpc) is 2.60. The SMILES string of the molecule is CCCCCCCCCC(C)(CCC)n1nc(C(C)=O)c(OC)cc1=O. The van der Waals surface area contributed by atoms with Crippen molar-refractivity contribution in [1.82, 2.24) is 9.78 Å². The van der Waals surface area contributed by atoms with Crippen LogP contribution >= 0.6 is 0 Å².